The van der Waals surface area contributed by atoms with E-state index in [4.69, 9.17) is 20.9 Å². The number of pyridine rings is 1. The van der Waals surface area contributed by atoms with Crippen molar-refractivity contribution in [1.82, 2.24) is 10.3 Å². The fraction of sp³-hybridized carbons (Fsp3) is 0.690. The number of hydrogen-bond acceptors (Lipinski definition) is 9. The van der Waals surface area contributed by atoms with Gasteiger partial charge in [-0.25, -0.2) is 23.9 Å². The summed E-state index contributed by atoms with van der Waals surface area (Å²) in [5.41, 5.74) is 12.5. The van der Waals surface area contributed by atoms with Gasteiger partial charge in [0, 0.05) is 23.6 Å². The standard InChI is InChI=1S/C29H43N5O6/c1-4-40-27(37)24(26(36)39-3)33-22(15-19-9-6-5-7-10-19)25(35)34(17-20-12-13-23(30)32-18(20)2)14-8-11-21-16-29(21,34)28(31)38/h12-13,19,21-22,24,33H,4-11,14-17H2,1-3H3,(H3-,30,31,32,38)/p+1/t21-,22-,24?,29+,34?/m1/s1. The lowest BCUT2D eigenvalue weighted by Crippen LogP contribution is -2.72. The predicted molar refractivity (Wildman–Crippen MR) is 147 cm³/mol. The second-order valence-electron chi connectivity index (χ2n) is 11.7. The average molecular weight is 559 g/mol. The Morgan fingerprint density at radius 2 is 1.85 bits per heavy atom. The first-order valence-corrected chi connectivity index (χ1v) is 14.5. The highest BCUT2D eigenvalue weighted by Crippen LogP contribution is 2.59. The monoisotopic (exact) mass is 558 g/mol. The molecule has 0 bridgehead atoms. The molecule has 1 saturated heterocycles. The number of hydrogen-bond donors (Lipinski definition) is 3. The van der Waals surface area contributed by atoms with Crippen LogP contribution >= 0.6 is 0 Å². The van der Waals surface area contributed by atoms with Gasteiger partial charge in [-0.3, -0.25) is 10.1 Å². The van der Waals surface area contributed by atoms with Crippen molar-refractivity contribution in [1.29, 1.82) is 0 Å². The maximum Gasteiger partial charge on any atom is 0.334 e. The van der Waals surface area contributed by atoms with Crippen LogP contribution in [0, 0.1) is 18.8 Å². The number of nitrogen functional groups attached to an aromatic ring is 1. The summed E-state index contributed by atoms with van der Waals surface area (Å²) in [4.78, 5) is 58.2. The predicted octanol–water partition coefficient (Wildman–Crippen LogP) is 1.89. The van der Waals surface area contributed by atoms with Gasteiger partial charge in [0.1, 0.15) is 18.4 Å². The molecule has 0 aromatic carbocycles. The molecule has 4 rings (SSSR count). The van der Waals surface area contributed by atoms with Crippen molar-refractivity contribution >= 4 is 29.6 Å². The van der Waals surface area contributed by atoms with Crippen LogP contribution < -0.4 is 16.8 Å². The molecule has 3 aliphatic rings. The van der Waals surface area contributed by atoms with E-state index in [0.717, 1.165) is 50.5 Å². The first kappa shape index (κ1) is 29.9. The van der Waals surface area contributed by atoms with Crippen molar-refractivity contribution in [2.24, 2.45) is 17.6 Å². The van der Waals surface area contributed by atoms with Crippen LogP contribution in [0.3, 0.4) is 0 Å². The fourth-order valence-electron chi connectivity index (χ4n) is 7.25. The van der Waals surface area contributed by atoms with Gasteiger partial charge < -0.3 is 20.9 Å². The molecule has 3 fully saturated rings. The van der Waals surface area contributed by atoms with Crippen molar-refractivity contribution in [2.45, 2.75) is 95.8 Å². The zero-order chi connectivity index (χ0) is 29.1. The normalized spacial score (nSPS) is 27.6. The van der Waals surface area contributed by atoms with Crippen molar-refractivity contribution in [3.05, 3.63) is 23.4 Å². The smallest absolute Gasteiger partial charge is 0.334 e. The van der Waals surface area contributed by atoms with E-state index in [1.807, 2.05) is 13.0 Å². The second-order valence-corrected chi connectivity index (χ2v) is 11.7. The molecule has 5 N–H and O–H groups in total. The SMILES string of the molecule is CCOC(=O)C(N[C@H](CC1CCCCC1)C(=O)[N+]1(Cc2ccc(N)nc2C)CCC[C@@H]2C[C@@]21C(N)=O)C(=O)OC. The van der Waals surface area contributed by atoms with Crippen LogP contribution in [-0.2, 0) is 35.2 Å². The van der Waals surface area contributed by atoms with E-state index in [9.17, 15) is 14.4 Å². The number of nitrogens with two attached hydrogens (primary N) is 2. The highest BCUT2D eigenvalue weighted by molar-refractivity contribution is 6.00. The number of quaternary nitrogens is 1. The van der Waals surface area contributed by atoms with Gasteiger partial charge >= 0.3 is 17.8 Å². The Hall–Kier alpha value is -3.05. The molecule has 11 nitrogen and oxygen atoms in total. The van der Waals surface area contributed by atoms with E-state index in [0.29, 0.717) is 30.9 Å². The third-order valence-corrected chi connectivity index (χ3v) is 9.35. The summed E-state index contributed by atoms with van der Waals surface area (Å²) in [6.07, 6.45) is 7.72. The molecule has 1 aromatic heterocycles. The quantitative estimate of drug-likeness (QED) is 0.209. The van der Waals surface area contributed by atoms with Gasteiger partial charge in [0.05, 0.1) is 20.3 Å². The number of carbonyl (C=O) groups is 4. The Morgan fingerprint density at radius 1 is 1.12 bits per heavy atom. The van der Waals surface area contributed by atoms with Crippen molar-refractivity contribution in [3.63, 3.8) is 0 Å². The summed E-state index contributed by atoms with van der Waals surface area (Å²) in [5, 5.41) is 3.06. The molecule has 0 spiro atoms. The van der Waals surface area contributed by atoms with Gasteiger partial charge in [0.25, 0.3) is 5.91 Å². The number of carbonyl (C=O) groups excluding carboxylic acids is 4. The molecule has 220 valence electrons. The van der Waals surface area contributed by atoms with Gasteiger partial charge in [-0.05, 0) is 51.2 Å². The number of nitrogens with zero attached hydrogens (tertiary/aromatic N) is 2. The van der Waals surface area contributed by atoms with Crippen LogP contribution in [0.15, 0.2) is 12.1 Å². The molecule has 1 aromatic rings. The zero-order valence-corrected chi connectivity index (χ0v) is 23.9. The Labute approximate surface area is 235 Å². The number of ether oxygens (including phenoxy) is 2. The molecule has 1 aliphatic heterocycles. The van der Waals surface area contributed by atoms with Crippen LogP contribution in [0.5, 0.6) is 0 Å². The Morgan fingerprint density at radius 3 is 2.48 bits per heavy atom. The van der Waals surface area contributed by atoms with Gasteiger partial charge in [0.15, 0.2) is 5.54 Å². The molecule has 2 aliphatic carbocycles. The first-order valence-electron chi connectivity index (χ1n) is 14.5. The number of rotatable bonds is 11. The number of methoxy groups -OCH3 is 1. The largest absolute Gasteiger partial charge is 0.467 e. The third-order valence-electron chi connectivity index (χ3n) is 9.35. The minimum absolute atomic E-state index is 0.00142. The minimum Gasteiger partial charge on any atom is -0.467 e. The highest BCUT2D eigenvalue weighted by Gasteiger charge is 2.76. The first-order chi connectivity index (χ1) is 19.1. The number of aryl methyl sites for hydroxylation is 1. The number of esters is 2. The van der Waals surface area contributed by atoms with Crippen molar-refractivity contribution < 1.29 is 33.1 Å². The van der Waals surface area contributed by atoms with Crippen molar-refractivity contribution in [2.75, 3.05) is 26.0 Å². The van der Waals surface area contributed by atoms with Crippen LogP contribution in [0.2, 0.25) is 0 Å². The molecule has 2 heterocycles. The fourth-order valence-corrected chi connectivity index (χ4v) is 7.25. The van der Waals surface area contributed by atoms with Gasteiger partial charge in [-0.2, -0.15) is 0 Å². The number of piperidine rings is 1. The molecule has 2 unspecified atom stereocenters. The highest BCUT2D eigenvalue weighted by atomic mass is 16.6. The molecule has 40 heavy (non-hydrogen) atoms. The molecule has 2 saturated carbocycles. The van der Waals surface area contributed by atoms with E-state index in [1.54, 1.807) is 13.0 Å². The van der Waals surface area contributed by atoms with E-state index < -0.39 is 35.5 Å². The molecular formula is C29H44N5O6+. The minimum atomic E-state index is -1.47. The Kier molecular flexibility index (Phi) is 9.14. The number of anilines is 1. The number of amides is 2. The summed E-state index contributed by atoms with van der Waals surface area (Å²) in [7, 11) is 1.20. The van der Waals surface area contributed by atoms with Crippen LogP contribution in [0.4, 0.5) is 5.82 Å². The number of primary amides is 1. The molecule has 11 heteroatoms. The van der Waals surface area contributed by atoms with Crippen molar-refractivity contribution in [3.8, 4) is 0 Å². The Balaban J connectivity index is 1.78. The number of fused-ring (bicyclic) bond motifs is 1. The molecule has 2 amide bonds. The van der Waals surface area contributed by atoms with E-state index in [2.05, 4.69) is 10.3 Å². The zero-order valence-electron chi connectivity index (χ0n) is 23.9. The van der Waals surface area contributed by atoms with E-state index in [-0.39, 0.29) is 35.4 Å². The number of nitrogens with one attached hydrogen (secondary N) is 1. The maximum absolute atomic E-state index is 15.0. The topological polar surface area (TPSA) is 164 Å². The van der Waals surface area contributed by atoms with Crippen LogP contribution in [-0.4, -0.2) is 71.1 Å². The maximum atomic E-state index is 15.0. The average Bonchev–Trinajstić information content (AvgIpc) is 3.70. The van der Waals surface area contributed by atoms with E-state index in [1.165, 1.54) is 7.11 Å². The summed E-state index contributed by atoms with van der Waals surface area (Å²) in [6.45, 7) is 4.21. The lowest BCUT2D eigenvalue weighted by atomic mass is 9.83. The summed E-state index contributed by atoms with van der Waals surface area (Å²) < 4.78 is 9.92. The summed E-state index contributed by atoms with van der Waals surface area (Å²) >= 11 is 0. The Bertz CT molecular complexity index is 1140. The summed E-state index contributed by atoms with van der Waals surface area (Å²) in [6, 6.07) is 1.19. The molecular weight excluding hydrogens is 514 g/mol. The van der Waals surface area contributed by atoms with Crippen LogP contribution in [0.1, 0.15) is 76.0 Å². The van der Waals surface area contributed by atoms with Gasteiger partial charge in [-0.15, -0.1) is 0 Å². The third kappa shape index (κ3) is 5.58. The van der Waals surface area contributed by atoms with Gasteiger partial charge in [0.2, 0.25) is 6.04 Å². The van der Waals surface area contributed by atoms with Gasteiger partial charge in [-0.1, -0.05) is 32.1 Å². The lowest BCUT2D eigenvalue weighted by molar-refractivity contribution is -0.900. The number of likely N-dealkylation sites (tertiary alicyclic amines) is 1. The molecule has 5 atom stereocenters. The lowest BCUT2D eigenvalue weighted by Gasteiger charge is -2.47. The number of aromatic nitrogens is 1. The summed E-state index contributed by atoms with van der Waals surface area (Å²) in [5.74, 6) is -1.73. The second kappa shape index (κ2) is 12.2. The van der Waals surface area contributed by atoms with Crippen LogP contribution in [0.25, 0.3) is 0 Å². The van der Waals surface area contributed by atoms with E-state index >= 15 is 4.79 Å². The molecule has 0 radical (unpaired) electrons.